The summed E-state index contributed by atoms with van der Waals surface area (Å²) in [5.74, 6) is -0.324. The fourth-order valence-electron chi connectivity index (χ4n) is 3.38. The molecule has 1 unspecified atom stereocenters. The molecule has 1 saturated heterocycles. The Morgan fingerprint density at radius 2 is 2.17 bits per heavy atom. The van der Waals surface area contributed by atoms with E-state index in [1.165, 1.54) is 12.5 Å². The van der Waals surface area contributed by atoms with E-state index in [1.807, 2.05) is 23.1 Å². The number of nitrogens with one attached hydrogen (secondary N) is 1. The molecule has 24 heavy (non-hydrogen) atoms. The number of piperazine rings is 1. The molecule has 0 aromatic heterocycles. The molecule has 1 N–H and O–H groups in total. The van der Waals surface area contributed by atoms with Crippen molar-refractivity contribution < 1.29 is 14.4 Å². The third-order valence-corrected chi connectivity index (χ3v) is 4.81. The molecule has 3 rings (SSSR count). The summed E-state index contributed by atoms with van der Waals surface area (Å²) in [5, 5.41) is 3.24. The van der Waals surface area contributed by atoms with Gasteiger partial charge in [0.2, 0.25) is 17.7 Å². The first-order valence-electron chi connectivity index (χ1n) is 8.05. The van der Waals surface area contributed by atoms with Crippen molar-refractivity contribution in [1.29, 1.82) is 0 Å². The summed E-state index contributed by atoms with van der Waals surface area (Å²) in [6.45, 7) is 2.94. The molecular formula is C17H20ClN3O3. The number of halogens is 1. The number of carbonyl (C=O) groups is 3. The van der Waals surface area contributed by atoms with Crippen LogP contribution in [0.25, 0.3) is 0 Å². The molecule has 2 aliphatic rings. The van der Waals surface area contributed by atoms with Crippen LogP contribution in [0.1, 0.15) is 30.5 Å². The van der Waals surface area contributed by atoms with Crippen molar-refractivity contribution in [2.24, 2.45) is 0 Å². The number of nitrogens with zero attached hydrogens (tertiary/aromatic N) is 2. The highest BCUT2D eigenvalue weighted by atomic mass is 35.5. The molecule has 0 bridgehead atoms. The standard InChI is InChI=1S/C17H20ClN3O3/c1-11(22)19-6-4-16(23)20-9-15-14-8-13(18)3-2-12(14)5-7-21(15)17(24)10-20/h2-3,8,15H,4-7,9-10H2,1H3,(H,19,22). The highest BCUT2D eigenvalue weighted by molar-refractivity contribution is 6.30. The van der Waals surface area contributed by atoms with E-state index in [9.17, 15) is 14.4 Å². The average Bonchev–Trinajstić information content (AvgIpc) is 2.54. The Morgan fingerprint density at radius 3 is 2.92 bits per heavy atom. The van der Waals surface area contributed by atoms with Crippen molar-refractivity contribution in [2.45, 2.75) is 25.8 Å². The molecule has 1 aromatic rings. The van der Waals surface area contributed by atoms with E-state index in [2.05, 4.69) is 5.32 Å². The molecule has 1 fully saturated rings. The molecule has 128 valence electrons. The Bertz CT molecular complexity index is 692. The van der Waals surface area contributed by atoms with E-state index in [4.69, 9.17) is 11.6 Å². The normalized spacial score (nSPS) is 19.6. The second kappa shape index (κ2) is 6.81. The number of hydrogen-bond acceptors (Lipinski definition) is 3. The van der Waals surface area contributed by atoms with Gasteiger partial charge in [-0.15, -0.1) is 0 Å². The Kier molecular flexibility index (Phi) is 4.76. The molecule has 1 aromatic carbocycles. The zero-order chi connectivity index (χ0) is 17.3. The minimum Gasteiger partial charge on any atom is -0.356 e. The molecule has 3 amide bonds. The van der Waals surface area contributed by atoms with Gasteiger partial charge in [0.25, 0.3) is 0 Å². The maximum atomic E-state index is 12.4. The van der Waals surface area contributed by atoms with Crippen LogP contribution in [0, 0.1) is 0 Å². The summed E-state index contributed by atoms with van der Waals surface area (Å²) < 4.78 is 0. The zero-order valence-electron chi connectivity index (χ0n) is 13.5. The van der Waals surface area contributed by atoms with Gasteiger partial charge in [0.1, 0.15) is 0 Å². The second-order valence-corrected chi connectivity index (χ2v) is 6.64. The van der Waals surface area contributed by atoms with Crippen LogP contribution in [0.15, 0.2) is 18.2 Å². The summed E-state index contributed by atoms with van der Waals surface area (Å²) in [4.78, 5) is 39.1. The van der Waals surface area contributed by atoms with Gasteiger partial charge >= 0.3 is 0 Å². The lowest BCUT2D eigenvalue weighted by Gasteiger charge is -2.44. The van der Waals surface area contributed by atoms with Gasteiger partial charge in [-0.2, -0.15) is 0 Å². The zero-order valence-corrected chi connectivity index (χ0v) is 14.3. The van der Waals surface area contributed by atoms with Crippen molar-refractivity contribution in [3.05, 3.63) is 34.3 Å². The van der Waals surface area contributed by atoms with E-state index in [-0.39, 0.29) is 43.3 Å². The fraction of sp³-hybridized carbons (Fsp3) is 0.471. The molecule has 0 radical (unpaired) electrons. The second-order valence-electron chi connectivity index (χ2n) is 6.20. The number of fused-ring (bicyclic) bond motifs is 3. The van der Waals surface area contributed by atoms with Gasteiger partial charge in [0.05, 0.1) is 12.6 Å². The van der Waals surface area contributed by atoms with Gasteiger partial charge in [-0.25, -0.2) is 0 Å². The summed E-state index contributed by atoms with van der Waals surface area (Å²) >= 11 is 6.12. The first-order valence-corrected chi connectivity index (χ1v) is 8.43. The van der Waals surface area contributed by atoms with Gasteiger partial charge in [-0.1, -0.05) is 17.7 Å². The summed E-state index contributed by atoms with van der Waals surface area (Å²) in [7, 11) is 0. The molecule has 1 atom stereocenters. The van der Waals surface area contributed by atoms with Crippen LogP contribution in [0.3, 0.4) is 0 Å². The number of rotatable bonds is 3. The number of carbonyl (C=O) groups excluding carboxylic acids is 3. The van der Waals surface area contributed by atoms with Crippen molar-refractivity contribution in [1.82, 2.24) is 15.1 Å². The lowest BCUT2D eigenvalue weighted by molar-refractivity contribution is -0.149. The smallest absolute Gasteiger partial charge is 0.242 e. The van der Waals surface area contributed by atoms with Crippen molar-refractivity contribution in [2.75, 3.05) is 26.2 Å². The molecule has 2 aliphatic heterocycles. The Hall–Kier alpha value is -2.08. The molecule has 7 heteroatoms. The maximum Gasteiger partial charge on any atom is 0.242 e. The minimum atomic E-state index is -0.167. The number of hydrogen-bond donors (Lipinski definition) is 1. The van der Waals surface area contributed by atoms with E-state index in [0.717, 1.165) is 12.0 Å². The lowest BCUT2D eigenvalue weighted by Crippen LogP contribution is -2.55. The molecule has 2 heterocycles. The summed E-state index contributed by atoms with van der Waals surface area (Å²) in [6.07, 6.45) is 1.01. The Labute approximate surface area is 145 Å². The van der Waals surface area contributed by atoms with Crippen molar-refractivity contribution in [3.63, 3.8) is 0 Å². The number of benzene rings is 1. The third-order valence-electron chi connectivity index (χ3n) is 4.57. The maximum absolute atomic E-state index is 12.4. The Morgan fingerprint density at radius 1 is 1.38 bits per heavy atom. The third kappa shape index (κ3) is 3.38. The molecule has 0 aliphatic carbocycles. The van der Waals surface area contributed by atoms with Crippen molar-refractivity contribution >= 4 is 29.3 Å². The lowest BCUT2D eigenvalue weighted by atomic mass is 9.90. The first kappa shape index (κ1) is 16.8. The highest BCUT2D eigenvalue weighted by Gasteiger charge is 2.38. The SMILES string of the molecule is CC(=O)NCCC(=O)N1CC(=O)N2CCc3ccc(Cl)cc3C2C1. The minimum absolute atomic E-state index is 0.0373. The van der Waals surface area contributed by atoms with Gasteiger partial charge < -0.3 is 15.1 Å². The first-order chi connectivity index (χ1) is 11.5. The predicted octanol–water partition coefficient (Wildman–Crippen LogP) is 1.13. The van der Waals surface area contributed by atoms with E-state index in [0.29, 0.717) is 18.1 Å². The van der Waals surface area contributed by atoms with Crippen LogP contribution < -0.4 is 5.32 Å². The van der Waals surface area contributed by atoms with E-state index >= 15 is 0 Å². The van der Waals surface area contributed by atoms with Crippen LogP contribution in [-0.4, -0.2) is 53.7 Å². The highest BCUT2D eigenvalue weighted by Crippen LogP contribution is 2.34. The van der Waals surface area contributed by atoms with Gasteiger partial charge in [0, 0.05) is 38.0 Å². The summed E-state index contributed by atoms with van der Waals surface area (Å²) in [5.41, 5.74) is 2.21. The quantitative estimate of drug-likeness (QED) is 0.889. The van der Waals surface area contributed by atoms with Crippen LogP contribution in [0.4, 0.5) is 0 Å². The predicted molar refractivity (Wildman–Crippen MR) is 89.5 cm³/mol. The number of amides is 3. The largest absolute Gasteiger partial charge is 0.356 e. The van der Waals surface area contributed by atoms with E-state index in [1.54, 1.807) is 4.90 Å². The van der Waals surface area contributed by atoms with Crippen LogP contribution >= 0.6 is 11.6 Å². The van der Waals surface area contributed by atoms with Gasteiger partial charge in [-0.3, -0.25) is 14.4 Å². The molecular weight excluding hydrogens is 330 g/mol. The molecule has 0 saturated carbocycles. The average molecular weight is 350 g/mol. The molecule has 0 spiro atoms. The van der Waals surface area contributed by atoms with Crippen LogP contribution in [-0.2, 0) is 20.8 Å². The monoisotopic (exact) mass is 349 g/mol. The van der Waals surface area contributed by atoms with E-state index < -0.39 is 0 Å². The van der Waals surface area contributed by atoms with Gasteiger partial charge in [0.15, 0.2) is 0 Å². The Balaban J connectivity index is 1.75. The van der Waals surface area contributed by atoms with Crippen LogP contribution in [0.2, 0.25) is 5.02 Å². The van der Waals surface area contributed by atoms with Crippen LogP contribution in [0.5, 0.6) is 0 Å². The topological polar surface area (TPSA) is 69.7 Å². The van der Waals surface area contributed by atoms with Gasteiger partial charge in [-0.05, 0) is 29.7 Å². The van der Waals surface area contributed by atoms with Crippen molar-refractivity contribution in [3.8, 4) is 0 Å². The summed E-state index contributed by atoms with van der Waals surface area (Å²) in [6, 6.07) is 5.61. The molecule has 6 nitrogen and oxygen atoms in total. The fourth-order valence-corrected chi connectivity index (χ4v) is 3.57.